The van der Waals surface area contributed by atoms with Crippen LogP contribution in [-0.4, -0.2) is 45.0 Å². The van der Waals surface area contributed by atoms with Gasteiger partial charge in [0.05, 0.1) is 19.3 Å². The summed E-state index contributed by atoms with van der Waals surface area (Å²) in [6.45, 7) is 5.20. The van der Waals surface area contributed by atoms with Crippen LogP contribution in [0, 0.1) is 0 Å². The second kappa shape index (κ2) is 15.2. The van der Waals surface area contributed by atoms with Gasteiger partial charge in [0.25, 0.3) is 0 Å². The maximum atomic E-state index is 12.1. The summed E-state index contributed by atoms with van der Waals surface area (Å²) in [6.07, 6.45) is 3.74. The molecule has 38 heavy (non-hydrogen) atoms. The van der Waals surface area contributed by atoms with E-state index in [4.69, 9.17) is 23.7 Å². The molecule has 0 radical (unpaired) electrons. The molecule has 0 saturated carbocycles. The summed E-state index contributed by atoms with van der Waals surface area (Å²) < 4.78 is 27.1. The predicted molar refractivity (Wildman–Crippen MR) is 145 cm³/mol. The summed E-state index contributed by atoms with van der Waals surface area (Å²) >= 11 is 0. The summed E-state index contributed by atoms with van der Waals surface area (Å²) in [7, 11) is 1.36. The lowest BCUT2D eigenvalue weighted by Crippen LogP contribution is -2.28. The van der Waals surface area contributed by atoms with Crippen molar-refractivity contribution in [3.05, 3.63) is 101 Å². The number of hydrogen-bond donors (Lipinski definition) is 0. The minimum absolute atomic E-state index is 0.328. The van der Waals surface area contributed by atoms with Crippen LogP contribution in [0.15, 0.2) is 78.9 Å². The van der Waals surface area contributed by atoms with Crippen LogP contribution in [-0.2, 0) is 32.0 Å². The fourth-order valence-corrected chi connectivity index (χ4v) is 3.64. The Kier molecular flexibility index (Phi) is 11.4. The van der Waals surface area contributed by atoms with Gasteiger partial charge in [-0.2, -0.15) is 0 Å². The molecule has 3 aromatic rings. The standard InChI is InChI=1S/C31H34O7/c1-4-35-29(31(33)36-5-2)21-24-13-17-27(18-14-24)37-19-7-9-23-8-6-10-28(20-23)38-22-25-11-15-26(16-12-25)30(32)34-3/h6-18,20,29H,4-5,19,21-22H2,1-3H3. The highest BCUT2D eigenvalue weighted by atomic mass is 16.6. The molecular weight excluding hydrogens is 484 g/mol. The van der Waals surface area contributed by atoms with Gasteiger partial charge in [-0.25, -0.2) is 9.59 Å². The van der Waals surface area contributed by atoms with E-state index in [1.807, 2.05) is 79.7 Å². The molecule has 0 aliphatic carbocycles. The van der Waals surface area contributed by atoms with Crippen molar-refractivity contribution in [2.24, 2.45) is 0 Å². The molecule has 200 valence electrons. The molecule has 0 amide bonds. The van der Waals surface area contributed by atoms with Crippen LogP contribution in [0.2, 0.25) is 0 Å². The van der Waals surface area contributed by atoms with Gasteiger partial charge in [0.15, 0.2) is 6.10 Å². The average molecular weight is 519 g/mol. The Balaban J connectivity index is 1.46. The van der Waals surface area contributed by atoms with E-state index in [0.29, 0.717) is 38.4 Å². The predicted octanol–water partition coefficient (Wildman–Crippen LogP) is 5.66. The average Bonchev–Trinajstić information content (AvgIpc) is 2.95. The quantitative estimate of drug-likeness (QED) is 0.255. The molecule has 0 bridgehead atoms. The lowest BCUT2D eigenvalue weighted by molar-refractivity contribution is -0.156. The van der Waals surface area contributed by atoms with Gasteiger partial charge in [0, 0.05) is 13.0 Å². The molecule has 0 spiro atoms. The van der Waals surface area contributed by atoms with Crippen LogP contribution in [0.3, 0.4) is 0 Å². The number of hydrogen-bond acceptors (Lipinski definition) is 7. The van der Waals surface area contributed by atoms with Crippen molar-refractivity contribution in [2.45, 2.75) is 33.0 Å². The molecule has 1 unspecified atom stereocenters. The van der Waals surface area contributed by atoms with Crippen molar-refractivity contribution in [1.82, 2.24) is 0 Å². The van der Waals surface area contributed by atoms with E-state index in [0.717, 1.165) is 28.2 Å². The molecule has 1 atom stereocenters. The molecule has 0 aliphatic heterocycles. The van der Waals surface area contributed by atoms with Crippen LogP contribution in [0.1, 0.15) is 40.9 Å². The van der Waals surface area contributed by atoms with E-state index in [2.05, 4.69) is 0 Å². The molecule has 0 aliphatic rings. The van der Waals surface area contributed by atoms with Gasteiger partial charge in [0.1, 0.15) is 24.7 Å². The second-order valence-corrected chi connectivity index (χ2v) is 8.31. The van der Waals surface area contributed by atoms with Crippen molar-refractivity contribution in [2.75, 3.05) is 26.9 Å². The van der Waals surface area contributed by atoms with Gasteiger partial charge in [-0.15, -0.1) is 0 Å². The maximum absolute atomic E-state index is 12.1. The minimum Gasteiger partial charge on any atom is -0.490 e. The highest BCUT2D eigenvalue weighted by Crippen LogP contribution is 2.18. The van der Waals surface area contributed by atoms with E-state index in [1.165, 1.54) is 7.11 Å². The molecule has 0 saturated heterocycles. The molecule has 7 heteroatoms. The van der Waals surface area contributed by atoms with Gasteiger partial charge in [0.2, 0.25) is 0 Å². The summed E-state index contributed by atoms with van der Waals surface area (Å²) in [5.41, 5.74) is 3.41. The number of methoxy groups -OCH3 is 1. The molecule has 0 fully saturated rings. The van der Waals surface area contributed by atoms with Gasteiger partial charge >= 0.3 is 11.9 Å². The zero-order valence-electron chi connectivity index (χ0n) is 22.1. The molecule has 0 N–H and O–H groups in total. The minimum atomic E-state index is -0.610. The zero-order chi connectivity index (χ0) is 27.2. The Hall–Kier alpha value is -4.10. The first-order chi connectivity index (χ1) is 18.5. The molecule has 3 aromatic carbocycles. The largest absolute Gasteiger partial charge is 0.490 e. The summed E-state index contributed by atoms with van der Waals surface area (Å²) in [5, 5.41) is 0. The van der Waals surface area contributed by atoms with E-state index in [9.17, 15) is 9.59 Å². The summed E-state index contributed by atoms with van der Waals surface area (Å²) in [4.78, 5) is 23.6. The Morgan fingerprint density at radius 1 is 0.842 bits per heavy atom. The first kappa shape index (κ1) is 28.5. The molecule has 0 aromatic heterocycles. The molecule has 7 nitrogen and oxygen atoms in total. The highest BCUT2D eigenvalue weighted by molar-refractivity contribution is 5.89. The van der Waals surface area contributed by atoms with Crippen molar-refractivity contribution >= 4 is 18.0 Å². The molecule has 3 rings (SSSR count). The van der Waals surface area contributed by atoms with Crippen LogP contribution in [0.5, 0.6) is 11.5 Å². The third-order valence-electron chi connectivity index (χ3n) is 5.56. The molecule has 0 heterocycles. The SMILES string of the molecule is CCOC(=O)C(Cc1ccc(OCC=Cc2cccc(OCc3ccc(C(=O)OC)cc3)c2)cc1)OCC. The monoisotopic (exact) mass is 518 g/mol. The van der Waals surface area contributed by atoms with Crippen molar-refractivity contribution < 1.29 is 33.3 Å². The Labute approximate surface area is 223 Å². The zero-order valence-corrected chi connectivity index (χ0v) is 22.1. The number of benzene rings is 3. The molecular formula is C31H34O7. The number of esters is 2. The first-order valence-electron chi connectivity index (χ1n) is 12.6. The van der Waals surface area contributed by atoms with Gasteiger partial charge in [-0.1, -0.05) is 42.5 Å². The van der Waals surface area contributed by atoms with E-state index in [-0.39, 0.29) is 11.9 Å². The lowest BCUT2D eigenvalue weighted by atomic mass is 10.1. The number of carbonyl (C=O) groups excluding carboxylic acids is 2. The first-order valence-corrected chi connectivity index (χ1v) is 12.6. The van der Waals surface area contributed by atoms with Crippen LogP contribution >= 0.6 is 0 Å². The topological polar surface area (TPSA) is 80.3 Å². The Bertz CT molecular complexity index is 1180. The lowest BCUT2D eigenvalue weighted by Gasteiger charge is -2.15. The third-order valence-corrected chi connectivity index (χ3v) is 5.56. The summed E-state index contributed by atoms with van der Waals surface area (Å²) in [5.74, 6) is 0.773. The van der Waals surface area contributed by atoms with Gasteiger partial charge < -0.3 is 23.7 Å². The Morgan fingerprint density at radius 2 is 1.58 bits per heavy atom. The van der Waals surface area contributed by atoms with Crippen molar-refractivity contribution in [3.63, 3.8) is 0 Å². The Morgan fingerprint density at radius 3 is 2.26 bits per heavy atom. The van der Waals surface area contributed by atoms with E-state index >= 15 is 0 Å². The summed E-state index contributed by atoms with van der Waals surface area (Å²) in [6, 6.07) is 22.5. The highest BCUT2D eigenvalue weighted by Gasteiger charge is 2.20. The third kappa shape index (κ3) is 9.09. The number of carbonyl (C=O) groups is 2. The normalized spacial score (nSPS) is 11.7. The smallest absolute Gasteiger partial charge is 0.337 e. The van der Waals surface area contributed by atoms with E-state index < -0.39 is 6.10 Å². The van der Waals surface area contributed by atoms with Crippen molar-refractivity contribution in [3.8, 4) is 11.5 Å². The fraction of sp³-hybridized carbons (Fsp3) is 0.290. The van der Waals surface area contributed by atoms with Gasteiger partial charge in [-0.3, -0.25) is 0 Å². The second-order valence-electron chi connectivity index (χ2n) is 8.31. The number of ether oxygens (including phenoxy) is 5. The maximum Gasteiger partial charge on any atom is 0.337 e. The van der Waals surface area contributed by atoms with E-state index in [1.54, 1.807) is 19.1 Å². The number of rotatable bonds is 14. The van der Waals surface area contributed by atoms with Crippen LogP contribution in [0.25, 0.3) is 6.08 Å². The van der Waals surface area contributed by atoms with Crippen LogP contribution < -0.4 is 9.47 Å². The van der Waals surface area contributed by atoms with Gasteiger partial charge in [-0.05, 0) is 73.0 Å². The fourth-order valence-electron chi connectivity index (χ4n) is 3.64. The van der Waals surface area contributed by atoms with Crippen LogP contribution in [0.4, 0.5) is 0 Å². The van der Waals surface area contributed by atoms with Crippen molar-refractivity contribution in [1.29, 1.82) is 0 Å².